The molecule has 0 amide bonds. The summed E-state index contributed by atoms with van der Waals surface area (Å²) in [4.78, 5) is 0. The van der Waals surface area contributed by atoms with Crippen molar-refractivity contribution in [2.75, 3.05) is 0 Å². The minimum atomic E-state index is 0.0797. The Morgan fingerprint density at radius 2 is 1.47 bits per heavy atom. The van der Waals surface area contributed by atoms with Crippen molar-refractivity contribution in [3.8, 4) is 10.7 Å². The molecule has 0 saturated carbocycles. The van der Waals surface area contributed by atoms with Crippen molar-refractivity contribution in [3.63, 3.8) is 0 Å². The Kier molecular flexibility index (Phi) is 3.52. The SMILES string of the molecule is CC(C)(C)[n+]1ccccc1-c1scc[n+]1C(C)(C)C. The van der Waals surface area contributed by atoms with Gasteiger partial charge in [0, 0.05) is 53.7 Å². The van der Waals surface area contributed by atoms with Gasteiger partial charge in [0.25, 0.3) is 5.69 Å². The summed E-state index contributed by atoms with van der Waals surface area (Å²) in [7, 11) is 0. The lowest BCUT2D eigenvalue weighted by molar-refractivity contribution is -0.768. The zero-order chi connectivity index (χ0) is 14.3. The Labute approximate surface area is 120 Å². The fourth-order valence-electron chi connectivity index (χ4n) is 2.19. The smallest absolute Gasteiger partial charge is 0.188 e. The molecule has 0 atom stereocenters. The second-order valence-electron chi connectivity index (χ2n) is 6.88. The Morgan fingerprint density at radius 3 is 2.05 bits per heavy atom. The molecule has 2 rings (SSSR count). The van der Waals surface area contributed by atoms with E-state index < -0.39 is 0 Å². The normalized spacial score (nSPS) is 12.7. The Balaban J connectivity index is 2.65. The van der Waals surface area contributed by atoms with Gasteiger partial charge in [-0.1, -0.05) is 11.3 Å². The summed E-state index contributed by atoms with van der Waals surface area (Å²) in [6.45, 7) is 13.5. The molecule has 2 aromatic rings. The zero-order valence-corrected chi connectivity index (χ0v) is 13.6. The standard InChI is InChI=1S/C16H24N2S/c1-15(2,3)17-10-8-7-9-13(17)14-18(11-12-19-14)16(4,5)6/h7-12H,1-6H3/q+2. The molecule has 2 aromatic heterocycles. The van der Waals surface area contributed by atoms with Crippen LogP contribution in [0.15, 0.2) is 36.0 Å². The Bertz CT molecular complexity index is 571. The lowest BCUT2D eigenvalue weighted by atomic mass is 10.1. The van der Waals surface area contributed by atoms with Gasteiger partial charge in [-0.2, -0.15) is 9.13 Å². The van der Waals surface area contributed by atoms with Crippen LogP contribution in [0.1, 0.15) is 41.5 Å². The highest BCUT2D eigenvalue weighted by molar-refractivity contribution is 7.12. The monoisotopic (exact) mass is 276 g/mol. The number of hydrogen-bond donors (Lipinski definition) is 0. The summed E-state index contributed by atoms with van der Waals surface area (Å²) < 4.78 is 4.70. The van der Waals surface area contributed by atoms with Crippen LogP contribution < -0.4 is 9.13 Å². The summed E-state index contributed by atoms with van der Waals surface area (Å²) in [6, 6.07) is 6.42. The van der Waals surface area contributed by atoms with Crippen LogP contribution in [0, 0.1) is 0 Å². The Morgan fingerprint density at radius 1 is 0.842 bits per heavy atom. The topological polar surface area (TPSA) is 7.76 Å². The van der Waals surface area contributed by atoms with E-state index in [-0.39, 0.29) is 11.1 Å². The van der Waals surface area contributed by atoms with E-state index in [1.807, 2.05) is 0 Å². The van der Waals surface area contributed by atoms with Gasteiger partial charge in [-0.25, -0.2) is 0 Å². The van der Waals surface area contributed by atoms with Crippen LogP contribution in [0.4, 0.5) is 0 Å². The lowest BCUT2D eigenvalue weighted by Gasteiger charge is -2.17. The molecule has 102 valence electrons. The van der Waals surface area contributed by atoms with E-state index >= 15 is 0 Å². The first-order valence-corrected chi connectivity index (χ1v) is 7.60. The summed E-state index contributed by atoms with van der Waals surface area (Å²) >= 11 is 1.80. The predicted molar refractivity (Wildman–Crippen MR) is 80.1 cm³/mol. The summed E-state index contributed by atoms with van der Waals surface area (Å²) in [5.41, 5.74) is 1.46. The van der Waals surface area contributed by atoms with Crippen molar-refractivity contribution in [1.29, 1.82) is 0 Å². The van der Waals surface area contributed by atoms with Gasteiger partial charge in [0.1, 0.15) is 0 Å². The van der Waals surface area contributed by atoms with Crippen molar-refractivity contribution in [2.24, 2.45) is 0 Å². The molecule has 0 unspecified atom stereocenters. The average molecular weight is 276 g/mol. The van der Waals surface area contributed by atoms with Crippen LogP contribution in [-0.2, 0) is 11.1 Å². The largest absolute Gasteiger partial charge is 0.334 e. The molecule has 0 aromatic carbocycles. The second-order valence-corrected chi connectivity index (χ2v) is 7.77. The molecule has 2 heterocycles. The third kappa shape index (κ3) is 2.86. The van der Waals surface area contributed by atoms with Gasteiger partial charge >= 0.3 is 5.01 Å². The maximum atomic E-state index is 2.36. The summed E-state index contributed by atoms with van der Waals surface area (Å²) in [5.74, 6) is 0. The van der Waals surface area contributed by atoms with Crippen molar-refractivity contribution >= 4 is 11.3 Å². The maximum Gasteiger partial charge on any atom is 0.334 e. The number of aromatic nitrogens is 2. The lowest BCUT2D eigenvalue weighted by Crippen LogP contribution is -2.55. The van der Waals surface area contributed by atoms with Gasteiger partial charge in [-0.15, -0.1) is 0 Å². The van der Waals surface area contributed by atoms with E-state index in [0.717, 1.165) is 0 Å². The van der Waals surface area contributed by atoms with Crippen LogP contribution in [0.2, 0.25) is 0 Å². The van der Waals surface area contributed by atoms with E-state index in [4.69, 9.17) is 0 Å². The van der Waals surface area contributed by atoms with E-state index in [1.165, 1.54) is 10.7 Å². The average Bonchev–Trinajstić information content (AvgIpc) is 2.76. The number of pyridine rings is 1. The molecule has 0 aliphatic rings. The Hall–Kier alpha value is -1.22. The zero-order valence-electron chi connectivity index (χ0n) is 12.8. The van der Waals surface area contributed by atoms with Crippen molar-refractivity contribution in [2.45, 2.75) is 52.6 Å². The molecule has 0 aliphatic heterocycles. The number of thiazole rings is 1. The van der Waals surface area contributed by atoms with Gasteiger partial charge in [0.2, 0.25) is 0 Å². The van der Waals surface area contributed by atoms with E-state index in [1.54, 1.807) is 11.3 Å². The highest BCUT2D eigenvalue weighted by atomic mass is 32.1. The molecule has 0 radical (unpaired) electrons. The summed E-state index contributed by atoms with van der Waals surface area (Å²) in [6.07, 6.45) is 4.35. The molecule has 2 nitrogen and oxygen atoms in total. The second kappa shape index (κ2) is 4.71. The van der Waals surface area contributed by atoms with E-state index in [0.29, 0.717) is 0 Å². The minimum Gasteiger partial charge on any atom is -0.188 e. The van der Waals surface area contributed by atoms with E-state index in [9.17, 15) is 0 Å². The molecular weight excluding hydrogens is 252 g/mol. The highest BCUT2D eigenvalue weighted by Crippen LogP contribution is 2.22. The minimum absolute atomic E-state index is 0.0797. The molecule has 0 spiro atoms. The van der Waals surface area contributed by atoms with Gasteiger partial charge in [0.15, 0.2) is 23.5 Å². The number of rotatable bonds is 1. The number of hydrogen-bond acceptors (Lipinski definition) is 1. The van der Waals surface area contributed by atoms with Crippen molar-refractivity contribution in [3.05, 3.63) is 36.0 Å². The van der Waals surface area contributed by atoms with Gasteiger partial charge in [-0.05, 0) is 6.07 Å². The van der Waals surface area contributed by atoms with Crippen LogP contribution in [0.5, 0.6) is 0 Å². The molecular formula is C16H24N2S+2. The van der Waals surface area contributed by atoms with Crippen LogP contribution in [0.3, 0.4) is 0 Å². The van der Waals surface area contributed by atoms with Crippen molar-refractivity contribution < 1.29 is 9.13 Å². The molecule has 3 heteroatoms. The van der Waals surface area contributed by atoms with Gasteiger partial charge < -0.3 is 0 Å². The molecule has 0 saturated heterocycles. The fourth-order valence-corrected chi connectivity index (χ4v) is 3.24. The van der Waals surface area contributed by atoms with Crippen LogP contribution in [0.25, 0.3) is 10.7 Å². The first kappa shape index (κ1) is 14.2. The summed E-state index contributed by atoms with van der Waals surface area (Å²) in [5, 5.41) is 3.48. The highest BCUT2D eigenvalue weighted by Gasteiger charge is 2.35. The van der Waals surface area contributed by atoms with E-state index in [2.05, 4.69) is 86.6 Å². The molecule has 0 aliphatic carbocycles. The fraction of sp³-hybridized carbons (Fsp3) is 0.500. The first-order valence-electron chi connectivity index (χ1n) is 6.72. The molecule has 0 N–H and O–H groups in total. The van der Waals surface area contributed by atoms with Crippen LogP contribution in [-0.4, -0.2) is 0 Å². The van der Waals surface area contributed by atoms with Crippen molar-refractivity contribution in [1.82, 2.24) is 0 Å². The number of nitrogens with zero attached hydrogens (tertiary/aromatic N) is 2. The third-order valence-electron chi connectivity index (χ3n) is 3.13. The molecule has 0 fully saturated rings. The van der Waals surface area contributed by atoms with Crippen LogP contribution >= 0.6 is 11.3 Å². The first-order chi connectivity index (χ1) is 8.71. The predicted octanol–water partition coefficient (Wildman–Crippen LogP) is 3.50. The van der Waals surface area contributed by atoms with Gasteiger partial charge in [0.05, 0.1) is 5.38 Å². The third-order valence-corrected chi connectivity index (χ3v) is 4.02. The maximum absolute atomic E-state index is 2.36. The molecule has 19 heavy (non-hydrogen) atoms. The molecule has 0 bridgehead atoms. The van der Waals surface area contributed by atoms with Gasteiger partial charge in [-0.3, -0.25) is 0 Å². The quantitative estimate of drug-likeness (QED) is 0.704.